The molecule has 3 amide bonds. The molecule has 0 radical (unpaired) electrons. The standard InChI is InChI=1S/C16H15BrClN3O2/c1-2-19-15(22)13-7-6-10(17)8-14(13)21-16(23)20-12-5-3-4-11(18)9-12/h3-9H,2H2,1H3,(H,19,22)(H2,20,21,23). The van der Waals surface area contributed by atoms with Gasteiger partial charge in [-0.15, -0.1) is 0 Å². The van der Waals surface area contributed by atoms with Crippen molar-refractivity contribution < 1.29 is 9.59 Å². The zero-order valence-corrected chi connectivity index (χ0v) is 14.7. The van der Waals surface area contributed by atoms with E-state index in [0.717, 1.165) is 4.47 Å². The van der Waals surface area contributed by atoms with Gasteiger partial charge in [0.25, 0.3) is 5.91 Å². The van der Waals surface area contributed by atoms with E-state index in [1.807, 2.05) is 6.92 Å². The second kappa shape index (κ2) is 7.99. The zero-order chi connectivity index (χ0) is 16.8. The van der Waals surface area contributed by atoms with Crippen LogP contribution in [0.3, 0.4) is 0 Å². The number of nitrogens with one attached hydrogen (secondary N) is 3. The summed E-state index contributed by atoms with van der Waals surface area (Å²) in [6.45, 7) is 2.33. The molecule has 0 spiro atoms. The average Bonchev–Trinajstić information content (AvgIpc) is 2.47. The van der Waals surface area contributed by atoms with Crippen LogP contribution in [0, 0.1) is 0 Å². The largest absolute Gasteiger partial charge is 0.352 e. The quantitative estimate of drug-likeness (QED) is 0.712. The van der Waals surface area contributed by atoms with Crippen LogP contribution >= 0.6 is 27.5 Å². The van der Waals surface area contributed by atoms with Gasteiger partial charge in [-0.2, -0.15) is 0 Å². The highest BCUT2D eigenvalue weighted by Gasteiger charge is 2.13. The smallest absolute Gasteiger partial charge is 0.323 e. The Morgan fingerprint density at radius 3 is 2.61 bits per heavy atom. The van der Waals surface area contributed by atoms with E-state index < -0.39 is 6.03 Å². The van der Waals surface area contributed by atoms with Crippen LogP contribution in [0.15, 0.2) is 46.9 Å². The Balaban J connectivity index is 2.16. The van der Waals surface area contributed by atoms with Crippen LogP contribution in [-0.2, 0) is 0 Å². The first-order valence-corrected chi connectivity index (χ1v) is 8.08. The van der Waals surface area contributed by atoms with Gasteiger partial charge in [0.15, 0.2) is 0 Å². The maximum Gasteiger partial charge on any atom is 0.323 e. The van der Waals surface area contributed by atoms with Crippen LogP contribution in [0.1, 0.15) is 17.3 Å². The van der Waals surface area contributed by atoms with Crippen LogP contribution in [0.5, 0.6) is 0 Å². The number of hydrogen-bond acceptors (Lipinski definition) is 2. The summed E-state index contributed by atoms with van der Waals surface area (Å²) in [6.07, 6.45) is 0. The van der Waals surface area contributed by atoms with Gasteiger partial charge >= 0.3 is 6.03 Å². The van der Waals surface area contributed by atoms with Crippen molar-refractivity contribution >= 4 is 50.8 Å². The van der Waals surface area contributed by atoms with E-state index in [0.29, 0.717) is 28.5 Å². The Hall–Kier alpha value is -2.05. The first-order valence-electron chi connectivity index (χ1n) is 6.91. The number of amides is 3. The Morgan fingerprint density at radius 2 is 1.91 bits per heavy atom. The molecule has 7 heteroatoms. The first kappa shape index (κ1) is 17.3. The summed E-state index contributed by atoms with van der Waals surface area (Å²) in [7, 11) is 0. The normalized spacial score (nSPS) is 10.0. The molecule has 0 heterocycles. The number of rotatable bonds is 4. The molecule has 0 bridgehead atoms. The fourth-order valence-electron chi connectivity index (χ4n) is 1.92. The molecule has 0 saturated carbocycles. The van der Waals surface area contributed by atoms with Gasteiger partial charge < -0.3 is 16.0 Å². The number of carbonyl (C=O) groups excluding carboxylic acids is 2. The lowest BCUT2D eigenvalue weighted by molar-refractivity contribution is 0.0956. The lowest BCUT2D eigenvalue weighted by atomic mass is 10.1. The maximum atomic E-state index is 12.1. The fourth-order valence-corrected chi connectivity index (χ4v) is 2.48. The van der Waals surface area contributed by atoms with Crippen molar-refractivity contribution in [2.45, 2.75) is 6.92 Å². The minimum atomic E-state index is -0.462. The van der Waals surface area contributed by atoms with Crippen LogP contribution < -0.4 is 16.0 Å². The van der Waals surface area contributed by atoms with E-state index in [2.05, 4.69) is 31.9 Å². The Kier molecular flexibility index (Phi) is 6.01. The van der Waals surface area contributed by atoms with Crippen molar-refractivity contribution in [1.29, 1.82) is 0 Å². The number of anilines is 2. The molecule has 0 saturated heterocycles. The number of urea groups is 1. The molecule has 3 N–H and O–H groups in total. The molecule has 0 aliphatic carbocycles. The Labute approximate surface area is 147 Å². The monoisotopic (exact) mass is 395 g/mol. The van der Waals surface area contributed by atoms with Crippen molar-refractivity contribution in [3.8, 4) is 0 Å². The predicted molar refractivity (Wildman–Crippen MR) is 96.2 cm³/mol. The third-order valence-corrected chi connectivity index (χ3v) is 3.62. The molecule has 0 unspecified atom stereocenters. The molecule has 0 aliphatic heterocycles. The molecule has 2 aromatic carbocycles. The van der Waals surface area contributed by atoms with Gasteiger partial charge in [-0.25, -0.2) is 4.79 Å². The van der Waals surface area contributed by atoms with Crippen LogP contribution in [0.25, 0.3) is 0 Å². The molecular weight excluding hydrogens is 382 g/mol. The highest BCUT2D eigenvalue weighted by atomic mass is 79.9. The van der Waals surface area contributed by atoms with E-state index in [1.165, 1.54) is 0 Å². The Bertz CT molecular complexity index is 737. The highest BCUT2D eigenvalue weighted by molar-refractivity contribution is 9.10. The topological polar surface area (TPSA) is 70.2 Å². The minimum absolute atomic E-state index is 0.252. The molecular formula is C16H15BrClN3O2. The average molecular weight is 397 g/mol. The van der Waals surface area contributed by atoms with Crippen LogP contribution in [-0.4, -0.2) is 18.5 Å². The van der Waals surface area contributed by atoms with Gasteiger partial charge in [-0.3, -0.25) is 4.79 Å². The second-order valence-electron chi connectivity index (χ2n) is 4.64. The lowest BCUT2D eigenvalue weighted by Crippen LogP contribution is -2.26. The SMILES string of the molecule is CCNC(=O)c1ccc(Br)cc1NC(=O)Nc1cccc(Cl)c1. The van der Waals surface area contributed by atoms with Crippen molar-refractivity contribution in [3.63, 3.8) is 0 Å². The molecule has 2 aromatic rings. The van der Waals surface area contributed by atoms with Crippen molar-refractivity contribution in [2.24, 2.45) is 0 Å². The van der Waals surface area contributed by atoms with Gasteiger partial charge in [0.1, 0.15) is 0 Å². The second-order valence-corrected chi connectivity index (χ2v) is 5.99. The summed E-state index contributed by atoms with van der Waals surface area (Å²) in [5, 5.41) is 8.57. The fraction of sp³-hybridized carbons (Fsp3) is 0.125. The van der Waals surface area contributed by atoms with E-state index in [4.69, 9.17) is 11.6 Å². The van der Waals surface area contributed by atoms with Crippen molar-refractivity contribution in [3.05, 3.63) is 57.5 Å². The summed E-state index contributed by atoms with van der Waals surface area (Å²) in [5.41, 5.74) is 1.35. The molecule has 0 atom stereocenters. The Morgan fingerprint density at radius 1 is 1.13 bits per heavy atom. The molecule has 0 aromatic heterocycles. The van der Waals surface area contributed by atoms with Gasteiger partial charge in [-0.05, 0) is 43.3 Å². The van der Waals surface area contributed by atoms with Gasteiger partial charge in [0.05, 0.1) is 11.3 Å². The van der Waals surface area contributed by atoms with E-state index in [-0.39, 0.29) is 5.91 Å². The van der Waals surface area contributed by atoms with Crippen molar-refractivity contribution in [1.82, 2.24) is 5.32 Å². The van der Waals surface area contributed by atoms with E-state index >= 15 is 0 Å². The number of hydrogen-bond donors (Lipinski definition) is 3. The number of benzene rings is 2. The van der Waals surface area contributed by atoms with Gasteiger partial charge in [-0.1, -0.05) is 33.6 Å². The molecule has 120 valence electrons. The first-order chi connectivity index (χ1) is 11.0. The summed E-state index contributed by atoms with van der Waals surface area (Å²) in [4.78, 5) is 24.2. The summed E-state index contributed by atoms with van der Waals surface area (Å²) in [6, 6.07) is 11.4. The lowest BCUT2D eigenvalue weighted by Gasteiger charge is -2.12. The third kappa shape index (κ3) is 4.97. The summed E-state index contributed by atoms with van der Waals surface area (Å²) >= 11 is 9.21. The van der Waals surface area contributed by atoms with E-state index in [1.54, 1.807) is 42.5 Å². The maximum absolute atomic E-state index is 12.1. The van der Waals surface area contributed by atoms with Crippen LogP contribution in [0.4, 0.5) is 16.2 Å². The molecule has 0 fully saturated rings. The third-order valence-electron chi connectivity index (χ3n) is 2.89. The predicted octanol–water partition coefficient (Wildman–Crippen LogP) is 4.50. The van der Waals surface area contributed by atoms with Gasteiger partial charge in [0, 0.05) is 21.7 Å². The zero-order valence-electron chi connectivity index (χ0n) is 12.3. The molecule has 5 nitrogen and oxygen atoms in total. The summed E-state index contributed by atoms with van der Waals surface area (Å²) in [5.74, 6) is -0.252. The number of carbonyl (C=O) groups is 2. The number of halogens is 2. The summed E-state index contributed by atoms with van der Waals surface area (Å²) < 4.78 is 0.753. The minimum Gasteiger partial charge on any atom is -0.352 e. The van der Waals surface area contributed by atoms with Crippen molar-refractivity contribution in [2.75, 3.05) is 17.2 Å². The van der Waals surface area contributed by atoms with E-state index in [9.17, 15) is 9.59 Å². The highest BCUT2D eigenvalue weighted by Crippen LogP contribution is 2.22. The molecule has 2 rings (SSSR count). The molecule has 23 heavy (non-hydrogen) atoms. The van der Waals surface area contributed by atoms with Crippen LogP contribution in [0.2, 0.25) is 5.02 Å². The molecule has 0 aliphatic rings. The van der Waals surface area contributed by atoms with Gasteiger partial charge in [0.2, 0.25) is 0 Å².